The summed E-state index contributed by atoms with van der Waals surface area (Å²) in [5.41, 5.74) is 0.205. The van der Waals surface area contributed by atoms with Crippen molar-refractivity contribution in [3.05, 3.63) is 5.82 Å². The summed E-state index contributed by atoms with van der Waals surface area (Å²) in [4.78, 5) is 0. The largest absolute Gasteiger partial charge is 0.310 e. The van der Waals surface area contributed by atoms with Crippen LogP contribution in [0.2, 0.25) is 0 Å². The normalized spacial score (nSPS) is 12.4. The summed E-state index contributed by atoms with van der Waals surface area (Å²) in [7, 11) is 0. The van der Waals surface area contributed by atoms with Gasteiger partial charge >= 0.3 is 0 Å². The van der Waals surface area contributed by atoms with Crippen molar-refractivity contribution in [2.75, 3.05) is 6.54 Å². The highest BCUT2D eigenvalue weighted by Gasteiger charge is 2.24. The zero-order valence-corrected chi connectivity index (χ0v) is 11.0. The van der Waals surface area contributed by atoms with Crippen LogP contribution in [-0.2, 0) is 13.1 Å². The maximum atomic E-state index is 4.05. The van der Waals surface area contributed by atoms with E-state index in [1.807, 2.05) is 4.68 Å². The highest BCUT2D eigenvalue weighted by Crippen LogP contribution is 2.27. The van der Waals surface area contributed by atoms with Crippen molar-refractivity contribution in [3.8, 4) is 0 Å². The molecule has 0 aromatic carbocycles. The third-order valence-corrected chi connectivity index (χ3v) is 3.26. The summed E-state index contributed by atoms with van der Waals surface area (Å²) in [6.07, 6.45) is 0. The van der Waals surface area contributed by atoms with Crippen molar-refractivity contribution in [2.45, 2.75) is 47.7 Å². The fourth-order valence-electron chi connectivity index (χ4n) is 1.28. The Bertz CT molecular complexity index is 316. The summed E-state index contributed by atoms with van der Waals surface area (Å²) in [6, 6.07) is 0. The van der Waals surface area contributed by atoms with Crippen LogP contribution in [0.1, 0.15) is 40.4 Å². The van der Waals surface area contributed by atoms with Crippen LogP contribution in [-0.4, -0.2) is 26.8 Å². The number of hydrogen-bond donors (Lipinski definition) is 1. The van der Waals surface area contributed by atoms with Crippen LogP contribution in [0.3, 0.4) is 0 Å². The number of nitrogens with one attached hydrogen (secondary N) is 1. The van der Waals surface area contributed by atoms with E-state index in [2.05, 4.69) is 55.5 Å². The van der Waals surface area contributed by atoms with Gasteiger partial charge in [0.1, 0.15) is 0 Å². The second kappa shape index (κ2) is 5.39. The highest BCUT2D eigenvalue weighted by atomic mass is 15.5. The topological polar surface area (TPSA) is 55.6 Å². The lowest BCUT2D eigenvalue weighted by Gasteiger charge is -2.29. The van der Waals surface area contributed by atoms with E-state index < -0.39 is 0 Å². The van der Waals surface area contributed by atoms with Crippen LogP contribution >= 0.6 is 0 Å². The standard InChI is InChI=1S/C11H23N5/c1-6-12-7-10-13-14-15-16(10)8-11(4,5)9(2)3/h9,12H,6-8H2,1-5H3. The first-order valence-corrected chi connectivity index (χ1v) is 5.93. The van der Waals surface area contributed by atoms with E-state index in [9.17, 15) is 0 Å². The highest BCUT2D eigenvalue weighted by molar-refractivity contribution is 4.83. The van der Waals surface area contributed by atoms with E-state index in [0.717, 1.165) is 25.5 Å². The fraction of sp³-hybridized carbons (Fsp3) is 0.909. The molecular weight excluding hydrogens is 202 g/mol. The van der Waals surface area contributed by atoms with E-state index in [-0.39, 0.29) is 5.41 Å². The molecule has 1 aromatic rings. The lowest BCUT2D eigenvalue weighted by atomic mass is 9.81. The van der Waals surface area contributed by atoms with E-state index in [1.54, 1.807) is 0 Å². The lowest BCUT2D eigenvalue weighted by Crippen LogP contribution is -2.28. The fourth-order valence-corrected chi connectivity index (χ4v) is 1.28. The molecule has 0 unspecified atom stereocenters. The van der Waals surface area contributed by atoms with Crippen LogP contribution in [0.4, 0.5) is 0 Å². The third-order valence-electron chi connectivity index (χ3n) is 3.26. The number of rotatable bonds is 6. The SMILES string of the molecule is CCNCc1nnnn1CC(C)(C)C(C)C. The molecule has 0 radical (unpaired) electrons. The molecule has 0 saturated heterocycles. The molecule has 92 valence electrons. The van der Waals surface area contributed by atoms with Crippen molar-refractivity contribution in [3.63, 3.8) is 0 Å². The van der Waals surface area contributed by atoms with E-state index >= 15 is 0 Å². The molecule has 0 aliphatic rings. The van der Waals surface area contributed by atoms with Gasteiger partial charge in [-0.15, -0.1) is 5.10 Å². The summed E-state index contributed by atoms with van der Waals surface area (Å²) >= 11 is 0. The molecule has 1 aromatic heterocycles. The second-order valence-corrected chi connectivity index (χ2v) is 5.18. The Morgan fingerprint density at radius 2 is 2.06 bits per heavy atom. The molecule has 1 rings (SSSR count). The molecule has 0 spiro atoms. The van der Waals surface area contributed by atoms with Crippen molar-refractivity contribution >= 4 is 0 Å². The summed E-state index contributed by atoms with van der Waals surface area (Å²) in [5, 5.41) is 15.1. The van der Waals surface area contributed by atoms with Gasteiger partial charge in [0.15, 0.2) is 5.82 Å². The Balaban J connectivity index is 2.70. The lowest BCUT2D eigenvalue weighted by molar-refractivity contribution is 0.196. The molecule has 1 heterocycles. The molecule has 5 nitrogen and oxygen atoms in total. The molecule has 0 aliphatic carbocycles. The number of aromatic nitrogens is 4. The smallest absolute Gasteiger partial charge is 0.165 e. The molecule has 0 saturated carbocycles. The molecular formula is C11H23N5. The zero-order chi connectivity index (χ0) is 12.2. The van der Waals surface area contributed by atoms with Gasteiger partial charge in [-0.05, 0) is 28.3 Å². The molecule has 0 fully saturated rings. The minimum absolute atomic E-state index is 0.205. The maximum absolute atomic E-state index is 4.05. The summed E-state index contributed by atoms with van der Waals surface area (Å²) in [5.74, 6) is 1.51. The Hall–Kier alpha value is -0.970. The van der Waals surface area contributed by atoms with Gasteiger partial charge in [-0.1, -0.05) is 34.6 Å². The van der Waals surface area contributed by atoms with Gasteiger partial charge in [0.25, 0.3) is 0 Å². The monoisotopic (exact) mass is 225 g/mol. The van der Waals surface area contributed by atoms with E-state index in [0.29, 0.717) is 5.92 Å². The van der Waals surface area contributed by atoms with Crippen LogP contribution in [0.25, 0.3) is 0 Å². The second-order valence-electron chi connectivity index (χ2n) is 5.18. The van der Waals surface area contributed by atoms with E-state index in [1.165, 1.54) is 0 Å². The average molecular weight is 225 g/mol. The Morgan fingerprint density at radius 3 is 2.62 bits per heavy atom. The quantitative estimate of drug-likeness (QED) is 0.796. The van der Waals surface area contributed by atoms with Gasteiger partial charge in [0.05, 0.1) is 13.1 Å². The van der Waals surface area contributed by atoms with Gasteiger partial charge < -0.3 is 5.32 Å². The first-order chi connectivity index (χ1) is 7.47. The van der Waals surface area contributed by atoms with Gasteiger partial charge in [0.2, 0.25) is 0 Å². The summed E-state index contributed by atoms with van der Waals surface area (Å²) in [6.45, 7) is 13.6. The zero-order valence-electron chi connectivity index (χ0n) is 11.0. The maximum Gasteiger partial charge on any atom is 0.165 e. The van der Waals surface area contributed by atoms with Crippen LogP contribution in [0.5, 0.6) is 0 Å². The Labute approximate surface area is 97.6 Å². The van der Waals surface area contributed by atoms with Crippen LogP contribution < -0.4 is 5.32 Å². The Morgan fingerprint density at radius 1 is 1.38 bits per heavy atom. The molecule has 0 atom stereocenters. The van der Waals surface area contributed by atoms with Crippen molar-refractivity contribution in [2.24, 2.45) is 11.3 Å². The first kappa shape index (κ1) is 13.1. The van der Waals surface area contributed by atoms with Crippen LogP contribution in [0, 0.1) is 11.3 Å². The van der Waals surface area contributed by atoms with Gasteiger partial charge in [-0.2, -0.15) is 0 Å². The molecule has 16 heavy (non-hydrogen) atoms. The minimum Gasteiger partial charge on any atom is -0.310 e. The van der Waals surface area contributed by atoms with Crippen molar-refractivity contribution in [1.29, 1.82) is 0 Å². The number of tetrazole rings is 1. The molecule has 1 N–H and O–H groups in total. The average Bonchev–Trinajstić information content (AvgIpc) is 2.61. The third kappa shape index (κ3) is 3.27. The molecule has 0 aliphatic heterocycles. The van der Waals surface area contributed by atoms with Gasteiger partial charge in [-0.25, -0.2) is 4.68 Å². The number of hydrogen-bond acceptors (Lipinski definition) is 4. The predicted molar refractivity (Wildman–Crippen MR) is 63.8 cm³/mol. The molecule has 5 heteroatoms. The van der Waals surface area contributed by atoms with Gasteiger partial charge in [-0.3, -0.25) is 0 Å². The molecule has 0 amide bonds. The molecule has 0 bridgehead atoms. The Kier molecular flexibility index (Phi) is 4.41. The van der Waals surface area contributed by atoms with Crippen molar-refractivity contribution < 1.29 is 0 Å². The predicted octanol–water partition coefficient (Wildman–Crippen LogP) is 1.46. The number of nitrogens with zero attached hydrogens (tertiary/aromatic N) is 4. The van der Waals surface area contributed by atoms with Crippen LogP contribution in [0.15, 0.2) is 0 Å². The van der Waals surface area contributed by atoms with E-state index in [4.69, 9.17) is 0 Å². The summed E-state index contributed by atoms with van der Waals surface area (Å²) < 4.78 is 1.91. The van der Waals surface area contributed by atoms with Crippen molar-refractivity contribution in [1.82, 2.24) is 25.5 Å². The first-order valence-electron chi connectivity index (χ1n) is 5.93. The minimum atomic E-state index is 0.205. The van der Waals surface area contributed by atoms with Gasteiger partial charge in [0, 0.05) is 0 Å².